The minimum atomic E-state index is -0.795. The van der Waals surface area contributed by atoms with Gasteiger partial charge in [0.2, 0.25) is 11.8 Å². The molecule has 0 bridgehead atoms. The summed E-state index contributed by atoms with van der Waals surface area (Å²) in [6.45, 7) is 3.65. The van der Waals surface area contributed by atoms with Gasteiger partial charge in [-0.05, 0) is 33.1 Å². The Hall–Kier alpha value is -1.10. The smallest absolute Gasteiger partial charge is 0.248 e. The summed E-state index contributed by atoms with van der Waals surface area (Å²) in [5.41, 5.74) is -0.795. The normalized spacial score (nSPS) is 32.8. The van der Waals surface area contributed by atoms with Gasteiger partial charge in [-0.25, -0.2) is 0 Å². The molecular weight excluding hydrogens is 220 g/mol. The molecule has 2 fully saturated rings. The van der Waals surface area contributed by atoms with Crippen molar-refractivity contribution in [2.75, 3.05) is 13.7 Å². The average molecular weight is 240 g/mol. The first-order valence-electron chi connectivity index (χ1n) is 6.10. The highest BCUT2D eigenvalue weighted by Gasteiger charge is 2.45. The van der Waals surface area contributed by atoms with E-state index in [4.69, 9.17) is 4.74 Å². The summed E-state index contributed by atoms with van der Waals surface area (Å²) in [6, 6.07) is 0.0535. The van der Waals surface area contributed by atoms with Crippen LogP contribution in [0.3, 0.4) is 0 Å². The van der Waals surface area contributed by atoms with Gasteiger partial charge in [0.05, 0.1) is 12.1 Å². The van der Waals surface area contributed by atoms with Crippen molar-refractivity contribution in [3.05, 3.63) is 0 Å². The number of hydrogen-bond donors (Lipinski definition) is 1. The Morgan fingerprint density at radius 2 is 2.06 bits per heavy atom. The van der Waals surface area contributed by atoms with E-state index in [9.17, 15) is 9.59 Å². The van der Waals surface area contributed by atoms with E-state index in [0.29, 0.717) is 0 Å². The van der Waals surface area contributed by atoms with E-state index in [2.05, 4.69) is 5.32 Å². The van der Waals surface area contributed by atoms with Gasteiger partial charge in [0.25, 0.3) is 0 Å². The molecule has 2 amide bonds. The number of hydrogen-bond acceptors (Lipinski definition) is 3. The molecule has 1 saturated carbocycles. The highest BCUT2D eigenvalue weighted by molar-refractivity contribution is 5.97. The maximum atomic E-state index is 12.3. The molecule has 1 aliphatic carbocycles. The van der Waals surface area contributed by atoms with Gasteiger partial charge in [0, 0.05) is 7.11 Å². The molecule has 96 valence electrons. The van der Waals surface area contributed by atoms with E-state index >= 15 is 0 Å². The maximum absolute atomic E-state index is 12.3. The lowest BCUT2D eigenvalue weighted by molar-refractivity contribution is -0.153. The van der Waals surface area contributed by atoms with E-state index < -0.39 is 5.54 Å². The second-order valence-corrected chi connectivity index (χ2v) is 5.38. The molecule has 0 aromatic carbocycles. The summed E-state index contributed by atoms with van der Waals surface area (Å²) < 4.78 is 5.40. The van der Waals surface area contributed by atoms with Crippen LogP contribution >= 0.6 is 0 Å². The number of carbonyl (C=O) groups is 2. The molecule has 1 saturated heterocycles. The zero-order valence-corrected chi connectivity index (χ0v) is 10.7. The van der Waals surface area contributed by atoms with Gasteiger partial charge in [0.1, 0.15) is 12.1 Å². The molecule has 2 atom stereocenters. The second kappa shape index (κ2) is 4.29. The summed E-state index contributed by atoms with van der Waals surface area (Å²) >= 11 is 0. The number of methoxy groups -OCH3 is 1. The maximum Gasteiger partial charge on any atom is 0.248 e. The van der Waals surface area contributed by atoms with Gasteiger partial charge in [-0.1, -0.05) is 0 Å². The summed E-state index contributed by atoms with van der Waals surface area (Å²) in [7, 11) is 1.67. The van der Waals surface area contributed by atoms with Gasteiger partial charge in [0.15, 0.2) is 0 Å². The fourth-order valence-corrected chi connectivity index (χ4v) is 2.83. The average Bonchev–Trinajstić information content (AvgIpc) is 2.70. The molecular formula is C12H20N2O3. The fourth-order valence-electron chi connectivity index (χ4n) is 2.83. The van der Waals surface area contributed by atoms with E-state index in [1.165, 1.54) is 0 Å². The molecule has 1 aliphatic heterocycles. The second-order valence-electron chi connectivity index (χ2n) is 5.38. The monoisotopic (exact) mass is 240 g/mol. The van der Waals surface area contributed by atoms with Crippen LogP contribution in [0.15, 0.2) is 0 Å². The van der Waals surface area contributed by atoms with Crippen LogP contribution in [-0.2, 0) is 14.3 Å². The van der Waals surface area contributed by atoms with Gasteiger partial charge in [-0.3, -0.25) is 9.59 Å². The third kappa shape index (κ3) is 2.16. The van der Waals surface area contributed by atoms with E-state index in [1.807, 2.05) is 0 Å². The molecule has 1 heterocycles. The molecule has 5 heteroatoms. The van der Waals surface area contributed by atoms with Crippen molar-refractivity contribution in [2.24, 2.45) is 0 Å². The van der Waals surface area contributed by atoms with Gasteiger partial charge < -0.3 is 15.0 Å². The summed E-state index contributed by atoms with van der Waals surface area (Å²) in [4.78, 5) is 25.6. The van der Waals surface area contributed by atoms with Crippen LogP contribution in [0, 0.1) is 0 Å². The van der Waals surface area contributed by atoms with Crippen molar-refractivity contribution < 1.29 is 14.3 Å². The number of nitrogens with zero attached hydrogens (tertiary/aromatic N) is 1. The summed E-state index contributed by atoms with van der Waals surface area (Å²) in [5.74, 6) is -0.0950. The first kappa shape index (κ1) is 12.4. The highest BCUT2D eigenvalue weighted by atomic mass is 16.5. The standard InChI is InChI=1S/C12H20N2O3/c1-12(2)11(16)14(7-10(15)13-12)8-5-4-6-9(8)17-3/h8-9H,4-7H2,1-3H3,(H,13,15). The number of rotatable bonds is 2. The topological polar surface area (TPSA) is 58.6 Å². The van der Waals surface area contributed by atoms with Crippen LogP contribution < -0.4 is 5.32 Å². The Bertz CT molecular complexity index is 341. The van der Waals surface area contributed by atoms with Crippen LogP contribution in [0.25, 0.3) is 0 Å². The lowest BCUT2D eigenvalue weighted by Crippen LogP contribution is -2.66. The highest BCUT2D eigenvalue weighted by Crippen LogP contribution is 2.29. The van der Waals surface area contributed by atoms with Crippen molar-refractivity contribution in [3.63, 3.8) is 0 Å². The van der Waals surface area contributed by atoms with Gasteiger partial charge in [-0.15, -0.1) is 0 Å². The Kier molecular flexibility index (Phi) is 3.12. The first-order chi connectivity index (χ1) is 7.95. The molecule has 2 unspecified atom stereocenters. The number of carbonyl (C=O) groups excluding carboxylic acids is 2. The minimum absolute atomic E-state index is 0.00829. The van der Waals surface area contributed by atoms with E-state index in [1.54, 1.807) is 25.9 Å². The Morgan fingerprint density at radius 3 is 2.71 bits per heavy atom. The molecule has 17 heavy (non-hydrogen) atoms. The fraction of sp³-hybridized carbons (Fsp3) is 0.833. The molecule has 0 spiro atoms. The van der Waals surface area contributed by atoms with Crippen LogP contribution in [-0.4, -0.2) is 48.1 Å². The number of piperazine rings is 1. The zero-order valence-electron chi connectivity index (χ0n) is 10.7. The van der Waals surface area contributed by atoms with Crippen LogP contribution in [0.2, 0.25) is 0 Å². The Balaban J connectivity index is 2.19. The SMILES string of the molecule is COC1CCCC1N1CC(=O)NC(C)(C)C1=O. The zero-order chi connectivity index (χ0) is 12.6. The summed E-state index contributed by atoms with van der Waals surface area (Å²) in [5, 5.41) is 2.72. The van der Waals surface area contributed by atoms with Crippen LogP contribution in [0.4, 0.5) is 0 Å². The summed E-state index contributed by atoms with van der Waals surface area (Å²) in [6.07, 6.45) is 3.01. The van der Waals surface area contributed by atoms with Crippen molar-refractivity contribution >= 4 is 11.8 Å². The first-order valence-corrected chi connectivity index (χ1v) is 6.10. The molecule has 2 rings (SSSR count). The van der Waals surface area contributed by atoms with Crippen molar-refractivity contribution in [2.45, 2.75) is 50.8 Å². The van der Waals surface area contributed by atoms with E-state index in [-0.39, 0.29) is 30.5 Å². The number of nitrogens with one attached hydrogen (secondary N) is 1. The Morgan fingerprint density at radius 1 is 1.35 bits per heavy atom. The molecule has 2 aliphatic rings. The number of ether oxygens (including phenoxy) is 1. The number of amides is 2. The van der Waals surface area contributed by atoms with Gasteiger partial charge >= 0.3 is 0 Å². The molecule has 1 N–H and O–H groups in total. The van der Waals surface area contributed by atoms with Crippen LogP contribution in [0.1, 0.15) is 33.1 Å². The predicted octanol–water partition coefficient (Wildman–Crippen LogP) is 0.291. The van der Waals surface area contributed by atoms with Gasteiger partial charge in [-0.2, -0.15) is 0 Å². The molecule has 5 nitrogen and oxygen atoms in total. The minimum Gasteiger partial charge on any atom is -0.379 e. The molecule has 0 radical (unpaired) electrons. The third-order valence-electron chi connectivity index (χ3n) is 3.68. The van der Waals surface area contributed by atoms with Crippen molar-refractivity contribution in [1.29, 1.82) is 0 Å². The molecule has 0 aromatic heterocycles. The predicted molar refractivity (Wildman–Crippen MR) is 62.4 cm³/mol. The van der Waals surface area contributed by atoms with Crippen molar-refractivity contribution in [3.8, 4) is 0 Å². The quantitative estimate of drug-likeness (QED) is 0.755. The van der Waals surface area contributed by atoms with Crippen molar-refractivity contribution in [1.82, 2.24) is 10.2 Å². The molecule has 0 aromatic rings. The lowest BCUT2D eigenvalue weighted by Gasteiger charge is -2.41. The Labute approximate surface area is 101 Å². The largest absolute Gasteiger partial charge is 0.379 e. The third-order valence-corrected chi connectivity index (χ3v) is 3.68. The lowest BCUT2D eigenvalue weighted by atomic mass is 9.98. The van der Waals surface area contributed by atoms with E-state index in [0.717, 1.165) is 19.3 Å². The van der Waals surface area contributed by atoms with Crippen LogP contribution in [0.5, 0.6) is 0 Å².